The smallest absolute Gasteiger partial charge is 0.224 e. The Kier molecular flexibility index (Phi) is 3.94. The Morgan fingerprint density at radius 3 is 3.00 bits per heavy atom. The molecule has 2 N–H and O–H groups in total. The van der Waals surface area contributed by atoms with Crippen molar-refractivity contribution in [3.63, 3.8) is 0 Å². The molecule has 0 saturated heterocycles. The second kappa shape index (κ2) is 5.64. The van der Waals surface area contributed by atoms with Gasteiger partial charge in [0.25, 0.3) is 0 Å². The molecule has 0 radical (unpaired) electrons. The summed E-state index contributed by atoms with van der Waals surface area (Å²) < 4.78 is 0. The molecular weight excluding hydrogens is 248 g/mol. The van der Waals surface area contributed by atoms with Crippen molar-refractivity contribution in [1.29, 1.82) is 0 Å². The number of amides is 1. The first-order valence-electron chi connectivity index (χ1n) is 5.58. The van der Waals surface area contributed by atoms with E-state index in [4.69, 9.17) is 0 Å². The molecule has 0 unspecified atom stereocenters. The van der Waals surface area contributed by atoms with Gasteiger partial charge >= 0.3 is 0 Å². The second-order valence-corrected chi connectivity index (χ2v) is 4.92. The minimum Gasteiger partial charge on any atom is -0.508 e. The Balaban J connectivity index is 1.88. The molecule has 94 valence electrons. The molecule has 5 heteroatoms. The van der Waals surface area contributed by atoms with Crippen molar-refractivity contribution >= 4 is 17.2 Å². The van der Waals surface area contributed by atoms with Gasteiger partial charge in [0.2, 0.25) is 5.91 Å². The number of thiazole rings is 1. The highest BCUT2D eigenvalue weighted by molar-refractivity contribution is 7.09. The molecule has 0 fully saturated rings. The summed E-state index contributed by atoms with van der Waals surface area (Å²) in [6, 6.07) is 6.72. The van der Waals surface area contributed by atoms with Crippen molar-refractivity contribution in [3.05, 3.63) is 45.9 Å². The molecule has 0 aliphatic rings. The van der Waals surface area contributed by atoms with Crippen LogP contribution in [0.2, 0.25) is 0 Å². The summed E-state index contributed by atoms with van der Waals surface area (Å²) >= 11 is 1.53. The van der Waals surface area contributed by atoms with Crippen molar-refractivity contribution in [3.8, 4) is 5.75 Å². The van der Waals surface area contributed by atoms with Crippen molar-refractivity contribution in [1.82, 2.24) is 10.3 Å². The molecule has 4 nitrogen and oxygen atoms in total. The Bertz CT molecular complexity index is 551. The lowest BCUT2D eigenvalue weighted by atomic mass is 10.1. The maximum Gasteiger partial charge on any atom is 0.224 e. The van der Waals surface area contributed by atoms with E-state index in [1.807, 2.05) is 13.0 Å². The number of carbonyl (C=O) groups is 1. The molecule has 1 aromatic carbocycles. The van der Waals surface area contributed by atoms with Crippen molar-refractivity contribution in [2.75, 3.05) is 0 Å². The van der Waals surface area contributed by atoms with Crippen LogP contribution in [0.25, 0.3) is 0 Å². The van der Waals surface area contributed by atoms with E-state index in [1.54, 1.807) is 23.7 Å². The molecule has 0 atom stereocenters. The van der Waals surface area contributed by atoms with E-state index < -0.39 is 0 Å². The Hall–Kier alpha value is -1.88. The van der Waals surface area contributed by atoms with Crippen LogP contribution in [0.4, 0.5) is 0 Å². The molecule has 2 aromatic rings. The number of nitrogens with zero attached hydrogens (tertiary/aromatic N) is 1. The second-order valence-electron chi connectivity index (χ2n) is 3.98. The summed E-state index contributed by atoms with van der Waals surface area (Å²) in [6.07, 6.45) is 0.270. The average molecular weight is 262 g/mol. The van der Waals surface area contributed by atoms with Crippen LogP contribution < -0.4 is 5.32 Å². The van der Waals surface area contributed by atoms with Gasteiger partial charge in [-0.1, -0.05) is 12.1 Å². The molecule has 1 aromatic heterocycles. The van der Waals surface area contributed by atoms with Gasteiger partial charge in [-0.25, -0.2) is 4.98 Å². The zero-order chi connectivity index (χ0) is 13.0. The van der Waals surface area contributed by atoms with Gasteiger partial charge in [-0.05, 0) is 24.6 Å². The number of rotatable bonds is 4. The summed E-state index contributed by atoms with van der Waals surface area (Å²) in [7, 11) is 0. The summed E-state index contributed by atoms with van der Waals surface area (Å²) in [4.78, 5) is 16.9. The average Bonchev–Trinajstić information content (AvgIpc) is 2.72. The number of benzene rings is 1. The first-order chi connectivity index (χ1) is 8.65. The number of carbonyl (C=O) groups excluding carboxylic acids is 1. The van der Waals surface area contributed by atoms with Crippen LogP contribution in [0.1, 0.15) is 16.1 Å². The maximum atomic E-state index is 11.7. The van der Waals surface area contributed by atoms with Gasteiger partial charge in [0.1, 0.15) is 5.75 Å². The predicted octanol–water partition coefficient (Wildman–Crippen LogP) is 2.02. The normalized spacial score (nSPS) is 10.3. The first-order valence-corrected chi connectivity index (χ1v) is 6.46. The summed E-state index contributed by atoms with van der Waals surface area (Å²) in [5.74, 6) is 0.118. The topological polar surface area (TPSA) is 62.2 Å². The van der Waals surface area contributed by atoms with E-state index in [1.165, 1.54) is 11.3 Å². The van der Waals surface area contributed by atoms with Crippen molar-refractivity contribution < 1.29 is 9.90 Å². The minimum absolute atomic E-state index is 0.0617. The van der Waals surface area contributed by atoms with Gasteiger partial charge in [-0.15, -0.1) is 11.3 Å². The van der Waals surface area contributed by atoms with Crippen LogP contribution in [-0.2, 0) is 17.8 Å². The van der Waals surface area contributed by atoms with Crippen molar-refractivity contribution in [2.45, 2.75) is 19.9 Å². The number of aromatic nitrogens is 1. The molecule has 1 heterocycles. The van der Waals surface area contributed by atoms with E-state index >= 15 is 0 Å². The summed E-state index contributed by atoms with van der Waals surface area (Å²) in [5, 5.41) is 12.1. The molecule has 0 aliphatic heterocycles. The van der Waals surface area contributed by atoms with Crippen LogP contribution in [0.3, 0.4) is 0 Å². The predicted molar refractivity (Wildman–Crippen MR) is 70.5 cm³/mol. The van der Waals surface area contributed by atoms with Gasteiger partial charge in [0, 0.05) is 4.88 Å². The third kappa shape index (κ3) is 3.30. The number of nitrogens with one attached hydrogen (secondary N) is 1. The van der Waals surface area contributed by atoms with Crippen LogP contribution in [0.15, 0.2) is 29.8 Å². The quantitative estimate of drug-likeness (QED) is 0.886. The van der Waals surface area contributed by atoms with Gasteiger partial charge < -0.3 is 10.4 Å². The monoisotopic (exact) mass is 262 g/mol. The largest absolute Gasteiger partial charge is 0.508 e. The van der Waals surface area contributed by atoms with Gasteiger partial charge in [-0.2, -0.15) is 0 Å². The zero-order valence-electron chi connectivity index (χ0n) is 10.0. The van der Waals surface area contributed by atoms with Gasteiger partial charge in [0.05, 0.1) is 24.2 Å². The number of phenols is 1. The van der Waals surface area contributed by atoms with Gasteiger partial charge in [0.15, 0.2) is 0 Å². The van der Waals surface area contributed by atoms with Crippen molar-refractivity contribution in [2.24, 2.45) is 0 Å². The Labute approximate surface area is 109 Å². The molecule has 2 rings (SSSR count). The molecule has 0 bridgehead atoms. The summed E-state index contributed by atoms with van der Waals surface area (Å²) in [6.45, 7) is 2.43. The highest BCUT2D eigenvalue weighted by Crippen LogP contribution is 2.13. The number of hydrogen-bond acceptors (Lipinski definition) is 4. The molecule has 0 saturated carbocycles. The SMILES string of the molecule is Cc1ncsc1CNC(=O)Cc1cccc(O)c1. The van der Waals surface area contributed by atoms with E-state index in [2.05, 4.69) is 10.3 Å². The highest BCUT2D eigenvalue weighted by Gasteiger charge is 2.06. The van der Waals surface area contributed by atoms with E-state index in [0.717, 1.165) is 16.1 Å². The lowest BCUT2D eigenvalue weighted by Gasteiger charge is -2.04. The Morgan fingerprint density at radius 2 is 2.33 bits per heavy atom. The zero-order valence-corrected chi connectivity index (χ0v) is 10.8. The minimum atomic E-state index is -0.0617. The number of phenolic OH excluding ortho intramolecular Hbond substituents is 1. The third-order valence-corrected chi connectivity index (χ3v) is 3.50. The molecule has 0 aliphatic carbocycles. The number of hydrogen-bond donors (Lipinski definition) is 2. The van der Waals surface area contributed by atoms with Gasteiger partial charge in [-0.3, -0.25) is 4.79 Å². The van der Waals surface area contributed by atoms with Crippen LogP contribution in [-0.4, -0.2) is 16.0 Å². The van der Waals surface area contributed by atoms with E-state index in [9.17, 15) is 9.90 Å². The van der Waals surface area contributed by atoms with E-state index in [0.29, 0.717) is 6.54 Å². The molecule has 1 amide bonds. The molecule has 18 heavy (non-hydrogen) atoms. The maximum absolute atomic E-state index is 11.7. The number of aromatic hydroxyl groups is 1. The summed E-state index contributed by atoms with van der Waals surface area (Å²) in [5.41, 5.74) is 3.53. The van der Waals surface area contributed by atoms with Crippen LogP contribution in [0.5, 0.6) is 5.75 Å². The number of aryl methyl sites for hydroxylation is 1. The lowest BCUT2D eigenvalue weighted by molar-refractivity contribution is -0.120. The fourth-order valence-electron chi connectivity index (χ4n) is 1.59. The standard InChI is InChI=1S/C13H14N2O2S/c1-9-12(18-8-15-9)7-14-13(17)6-10-3-2-4-11(16)5-10/h2-5,8,16H,6-7H2,1H3,(H,14,17). The van der Waals surface area contributed by atoms with Crippen LogP contribution >= 0.6 is 11.3 Å². The highest BCUT2D eigenvalue weighted by atomic mass is 32.1. The third-order valence-electron chi connectivity index (χ3n) is 2.57. The lowest BCUT2D eigenvalue weighted by Crippen LogP contribution is -2.24. The molecule has 0 spiro atoms. The van der Waals surface area contributed by atoms with E-state index in [-0.39, 0.29) is 18.1 Å². The Morgan fingerprint density at radius 1 is 1.50 bits per heavy atom. The fraction of sp³-hybridized carbons (Fsp3) is 0.231. The molecular formula is C13H14N2O2S. The van der Waals surface area contributed by atoms with Crippen LogP contribution in [0, 0.1) is 6.92 Å². The fourth-order valence-corrected chi connectivity index (χ4v) is 2.31. The first kappa shape index (κ1) is 12.6.